The van der Waals surface area contributed by atoms with Crippen molar-refractivity contribution in [2.24, 2.45) is 0 Å². The molecule has 0 fully saturated rings. The van der Waals surface area contributed by atoms with Crippen molar-refractivity contribution in [2.75, 3.05) is 0 Å². The van der Waals surface area contributed by atoms with Gasteiger partial charge in [0.25, 0.3) is 0 Å². The summed E-state index contributed by atoms with van der Waals surface area (Å²) in [7, 11) is 0. The van der Waals surface area contributed by atoms with Crippen molar-refractivity contribution >= 4 is 47.8 Å². The average molecular weight is 932 g/mol. The molecule has 0 atom stereocenters. The van der Waals surface area contributed by atoms with Gasteiger partial charge in [0.15, 0.2) is 4.67 Å². The van der Waals surface area contributed by atoms with Crippen molar-refractivity contribution in [3.05, 3.63) is 258 Å². The molecule has 2 aromatic heterocycles. The molecule has 0 unspecified atom stereocenters. The van der Waals surface area contributed by atoms with Gasteiger partial charge in [0, 0.05) is 0 Å². The normalized spacial score (nSPS) is 11.5. The van der Waals surface area contributed by atoms with Crippen molar-refractivity contribution in [1.29, 1.82) is 0 Å². The van der Waals surface area contributed by atoms with Crippen LogP contribution in [0.15, 0.2) is 217 Å². The second-order valence-electron chi connectivity index (χ2n) is 13.1. The van der Waals surface area contributed by atoms with E-state index in [0.29, 0.717) is 17.9 Å². The average Bonchev–Trinajstić information content (AvgIpc) is 3.77. The van der Waals surface area contributed by atoms with Crippen molar-refractivity contribution in [3.8, 4) is 0 Å². The number of benzene rings is 6. The van der Waals surface area contributed by atoms with Crippen LogP contribution in [0.25, 0.3) is 0 Å². The zero-order chi connectivity index (χ0) is 38.8. The van der Waals surface area contributed by atoms with E-state index < -0.39 is 11.2 Å². The van der Waals surface area contributed by atoms with Gasteiger partial charge in [-0.2, -0.15) is 0 Å². The summed E-state index contributed by atoms with van der Waals surface area (Å²) in [4.78, 5) is 0. The van der Waals surface area contributed by atoms with E-state index in [1.165, 1.54) is 0 Å². The molecule has 0 spiro atoms. The molecule has 0 saturated carbocycles. The maximum absolute atomic E-state index is 6.73. The molecule has 0 radical (unpaired) electrons. The minimum Gasteiger partial charge on any atom is -0.463 e. The quantitative estimate of drug-likeness (QED) is 0.115. The molecule has 2 heterocycles. The van der Waals surface area contributed by atoms with Crippen LogP contribution in [-0.2, 0) is 33.9 Å². The Bertz CT molecular complexity index is 1990. The summed E-state index contributed by atoms with van der Waals surface area (Å²) in [6.07, 6.45) is 0. The van der Waals surface area contributed by atoms with Gasteiger partial charge in [0.2, 0.25) is 0 Å². The number of halogens is 3. The first-order valence-corrected chi connectivity index (χ1v) is 20.6. The van der Waals surface area contributed by atoms with Gasteiger partial charge >= 0.3 is 0 Å². The summed E-state index contributed by atoms with van der Waals surface area (Å²) in [6.45, 7) is 2.61. The van der Waals surface area contributed by atoms with Crippen LogP contribution in [-0.4, -0.2) is 0 Å². The van der Waals surface area contributed by atoms with Crippen molar-refractivity contribution in [2.45, 2.75) is 31.3 Å². The van der Waals surface area contributed by atoms with Gasteiger partial charge in [-0.25, -0.2) is 0 Å². The molecule has 8 aromatic rings. The maximum Gasteiger partial charge on any atom is 0.183 e. The van der Waals surface area contributed by atoms with Gasteiger partial charge in [-0.15, -0.1) is 0 Å². The summed E-state index contributed by atoms with van der Waals surface area (Å²) >= 11 is 10.4. The molecule has 280 valence electrons. The van der Waals surface area contributed by atoms with Gasteiger partial charge in [-0.1, -0.05) is 182 Å². The highest BCUT2D eigenvalue weighted by atomic mass is 79.9. The third kappa shape index (κ3) is 8.63. The van der Waals surface area contributed by atoms with E-state index in [-0.39, 0.29) is 0 Å². The lowest BCUT2D eigenvalue weighted by Gasteiger charge is -2.35. The lowest BCUT2D eigenvalue weighted by atomic mass is 9.80. The summed E-state index contributed by atoms with van der Waals surface area (Å²) in [5.74, 6) is 2.38. The first kappa shape index (κ1) is 39.5. The van der Waals surface area contributed by atoms with Gasteiger partial charge in [-0.3, -0.25) is 0 Å². The van der Waals surface area contributed by atoms with E-state index in [1.807, 2.05) is 128 Å². The molecular formula is C49H39Br3O4. The zero-order valence-corrected chi connectivity index (χ0v) is 35.4. The van der Waals surface area contributed by atoms with Crippen LogP contribution in [0, 0.1) is 6.92 Å². The van der Waals surface area contributed by atoms with Gasteiger partial charge in [-0.05, 0) is 100 Å². The van der Waals surface area contributed by atoms with E-state index in [2.05, 4.69) is 121 Å². The first-order chi connectivity index (χ1) is 27.4. The summed E-state index contributed by atoms with van der Waals surface area (Å²) in [5, 5.41) is 0. The van der Waals surface area contributed by atoms with Crippen LogP contribution in [0.2, 0.25) is 0 Å². The number of rotatable bonds is 12. The fraction of sp³-hybridized carbons (Fsp3) is 0.102. The molecule has 8 rings (SSSR count). The van der Waals surface area contributed by atoms with E-state index in [4.69, 9.17) is 18.3 Å². The second kappa shape index (κ2) is 18.5. The highest BCUT2D eigenvalue weighted by Gasteiger charge is 2.39. The summed E-state index contributed by atoms with van der Waals surface area (Å²) in [6, 6.07) is 65.9. The molecule has 0 aliphatic carbocycles. The van der Waals surface area contributed by atoms with Gasteiger partial charge in [0.1, 0.15) is 41.7 Å². The van der Waals surface area contributed by atoms with Crippen LogP contribution in [0.4, 0.5) is 0 Å². The van der Waals surface area contributed by atoms with Gasteiger partial charge in [0.05, 0.1) is 8.95 Å². The predicted octanol–water partition coefficient (Wildman–Crippen LogP) is 14.2. The Balaban J connectivity index is 0.000000172. The van der Waals surface area contributed by atoms with E-state index >= 15 is 0 Å². The summed E-state index contributed by atoms with van der Waals surface area (Å²) in [5.41, 5.74) is 4.94. The van der Waals surface area contributed by atoms with Crippen molar-refractivity contribution in [3.63, 3.8) is 0 Å². The SMILES string of the molecule is Brc1cc(COC(c2ccccc2)(c2ccccc2)c2ccccc2)oc1Br.Cc1oc(COC(c2ccccc2)(c2ccccc2)c2ccccc2)cc1Br. The minimum absolute atomic E-state index is 0.322. The second-order valence-corrected chi connectivity index (χ2v) is 15.5. The zero-order valence-electron chi connectivity index (χ0n) is 30.7. The first-order valence-electron chi connectivity index (χ1n) is 18.2. The van der Waals surface area contributed by atoms with Crippen LogP contribution >= 0.6 is 47.8 Å². The maximum atomic E-state index is 6.73. The predicted molar refractivity (Wildman–Crippen MR) is 233 cm³/mol. The number of furan rings is 2. The highest BCUT2D eigenvalue weighted by molar-refractivity contribution is 9.13. The van der Waals surface area contributed by atoms with Gasteiger partial charge < -0.3 is 18.3 Å². The Hall–Kier alpha value is -4.76. The largest absolute Gasteiger partial charge is 0.463 e. The fourth-order valence-corrected chi connectivity index (χ4v) is 7.94. The van der Waals surface area contributed by atoms with Crippen molar-refractivity contribution in [1.82, 2.24) is 0 Å². The fourth-order valence-electron chi connectivity index (χ4n) is 6.95. The van der Waals surface area contributed by atoms with Crippen LogP contribution in [0.1, 0.15) is 50.7 Å². The molecular weight excluding hydrogens is 892 g/mol. The third-order valence-corrected chi connectivity index (χ3v) is 12.0. The number of ether oxygens (including phenoxy) is 2. The third-order valence-electron chi connectivity index (χ3n) is 9.55. The van der Waals surface area contributed by atoms with E-state index in [1.54, 1.807) is 0 Å². The molecule has 0 N–H and O–H groups in total. The van der Waals surface area contributed by atoms with Crippen LogP contribution in [0.3, 0.4) is 0 Å². The lowest BCUT2D eigenvalue weighted by molar-refractivity contribution is -0.00822. The number of hydrogen-bond donors (Lipinski definition) is 0. The van der Waals surface area contributed by atoms with E-state index in [0.717, 1.165) is 59.6 Å². The molecule has 6 aromatic carbocycles. The topological polar surface area (TPSA) is 44.7 Å². The highest BCUT2D eigenvalue weighted by Crippen LogP contribution is 2.43. The molecule has 0 aliphatic rings. The number of hydrogen-bond acceptors (Lipinski definition) is 4. The number of aryl methyl sites for hydroxylation is 1. The Labute approximate surface area is 353 Å². The Morgan fingerprint density at radius 3 is 0.893 bits per heavy atom. The van der Waals surface area contributed by atoms with Crippen LogP contribution < -0.4 is 0 Å². The molecule has 4 nitrogen and oxygen atoms in total. The van der Waals surface area contributed by atoms with Crippen molar-refractivity contribution < 1.29 is 18.3 Å². The Kier molecular flexibility index (Phi) is 13.0. The minimum atomic E-state index is -0.754. The lowest BCUT2D eigenvalue weighted by Crippen LogP contribution is -2.32. The monoisotopic (exact) mass is 928 g/mol. The molecule has 0 aliphatic heterocycles. The van der Waals surface area contributed by atoms with Crippen LogP contribution in [0.5, 0.6) is 0 Å². The Morgan fingerprint density at radius 1 is 0.393 bits per heavy atom. The molecule has 7 heteroatoms. The molecule has 0 amide bonds. The smallest absolute Gasteiger partial charge is 0.183 e. The summed E-state index contributed by atoms with van der Waals surface area (Å²) < 4.78 is 27.5. The molecule has 0 bridgehead atoms. The van der Waals surface area contributed by atoms with E-state index in [9.17, 15) is 0 Å². The standard InChI is InChI=1S/C25H21BrO2.C24H18Br2O2/c1-19-24(26)17-23(28-19)18-27-25(20-11-5-2-6-12-20,21-13-7-3-8-14-21)22-15-9-4-10-16-22;25-22-16-21(28-23(22)26)17-27-24(18-10-4-1-5-11-18,19-12-6-2-7-13-19)20-14-8-3-9-15-20/h2-17H,18H2,1H3;1-16H,17H2. The molecule has 56 heavy (non-hydrogen) atoms. The molecule has 0 saturated heterocycles. The Morgan fingerprint density at radius 2 is 0.661 bits per heavy atom.